The summed E-state index contributed by atoms with van der Waals surface area (Å²) in [7, 11) is 0. The second-order valence-corrected chi connectivity index (χ2v) is 28.3. The predicted octanol–water partition coefficient (Wildman–Crippen LogP) is -6.02. The summed E-state index contributed by atoms with van der Waals surface area (Å²) in [6.07, 6.45) is -38.8. The maximum absolute atomic E-state index is 15.4. The minimum Gasteiger partial charge on any atom is -0.394 e. The fourth-order valence-corrected chi connectivity index (χ4v) is 16.6. The molecular weight excluding hydrogens is 1200 g/mol. The number of hydrogen-bond acceptors (Lipinski definition) is 30. The van der Waals surface area contributed by atoms with Crippen LogP contribution in [0.2, 0.25) is 0 Å². The number of aliphatic hydroxyl groups excluding tert-OH is 17. The number of Topliss-reactive ketones (excluding diaryl/α,β-unsaturated/α-hetero) is 1. The first-order valence-electron chi connectivity index (χ1n) is 31.4. The van der Waals surface area contributed by atoms with E-state index in [1.54, 1.807) is 0 Å². The first kappa shape index (κ1) is 72.2. The Morgan fingerprint density at radius 3 is 1.50 bits per heavy atom. The van der Waals surface area contributed by atoms with E-state index in [2.05, 4.69) is 19.9 Å². The fourth-order valence-electron chi connectivity index (χ4n) is 16.6. The zero-order chi connectivity index (χ0) is 66.2. The molecule has 0 bridgehead atoms. The molecule has 5 aliphatic heterocycles. The quantitative estimate of drug-likeness (QED) is 0.0289. The second-order valence-electron chi connectivity index (χ2n) is 28.3. The molecule has 4 aliphatic carbocycles. The Kier molecular flexibility index (Phi) is 22.3. The highest BCUT2D eigenvalue weighted by atomic mass is 16.8. The number of aliphatic hydroxyl groups is 18. The summed E-state index contributed by atoms with van der Waals surface area (Å²) in [6.45, 7) is 9.48. The van der Waals surface area contributed by atoms with Crippen LogP contribution in [0, 0.1) is 45.3 Å². The van der Waals surface area contributed by atoms with E-state index >= 15 is 4.79 Å². The fraction of sp³-hybridized carbons (Fsp3) is 0.933. The highest BCUT2D eigenvalue weighted by Crippen LogP contribution is 2.74. The first-order valence-corrected chi connectivity index (χ1v) is 31.4. The molecule has 30 heteroatoms. The van der Waals surface area contributed by atoms with Gasteiger partial charge in [-0.05, 0) is 87.4 Å². The average molecular weight is 1300 g/mol. The lowest BCUT2D eigenvalue weighted by molar-refractivity contribution is -0.380. The summed E-state index contributed by atoms with van der Waals surface area (Å²) >= 11 is 0. The molecule has 9 aliphatic rings. The van der Waals surface area contributed by atoms with Crippen molar-refractivity contribution in [2.45, 2.75) is 271 Å². The summed E-state index contributed by atoms with van der Waals surface area (Å²) < 4.78 is 59.0. The molecule has 0 aromatic heterocycles. The van der Waals surface area contributed by atoms with Gasteiger partial charge in [-0.3, -0.25) is 4.79 Å². The van der Waals surface area contributed by atoms with Crippen molar-refractivity contribution < 1.29 is 149 Å². The number of carbonyl (C=O) groups excluding carboxylic acids is 2. The van der Waals surface area contributed by atoms with Crippen molar-refractivity contribution in [1.82, 2.24) is 0 Å². The van der Waals surface area contributed by atoms with Crippen molar-refractivity contribution in [3.05, 3.63) is 11.6 Å². The predicted molar refractivity (Wildman–Crippen MR) is 300 cm³/mol. The van der Waals surface area contributed by atoms with Crippen LogP contribution in [-0.2, 0) is 57.0 Å². The summed E-state index contributed by atoms with van der Waals surface area (Å²) in [6, 6.07) is 0. The van der Waals surface area contributed by atoms with Gasteiger partial charge in [0.25, 0.3) is 0 Å². The topological polar surface area (TPSA) is 491 Å². The number of carbonyl (C=O) groups is 2. The molecule has 30 nitrogen and oxygen atoms in total. The van der Waals surface area contributed by atoms with Crippen LogP contribution < -0.4 is 0 Å². The van der Waals surface area contributed by atoms with Crippen molar-refractivity contribution in [3.63, 3.8) is 0 Å². The lowest BCUT2D eigenvalue weighted by Crippen LogP contribution is -2.65. The molecule has 8 fully saturated rings. The minimum atomic E-state index is -1.99. The number of ether oxygens (including phenoxy) is 10. The molecule has 90 heavy (non-hydrogen) atoms. The van der Waals surface area contributed by atoms with Gasteiger partial charge in [0.05, 0.1) is 56.3 Å². The van der Waals surface area contributed by atoms with E-state index in [0.29, 0.717) is 32.1 Å². The lowest BCUT2D eigenvalue weighted by Gasteiger charge is -2.64. The first-order chi connectivity index (χ1) is 42.2. The van der Waals surface area contributed by atoms with Gasteiger partial charge in [-0.1, -0.05) is 46.3 Å². The van der Waals surface area contributed by atoms with E-state index in [0.717, 1.165) is 11.9 Å². The van der Waals surface area contributed by atoms with Crippen LogP contribution >= 0.6 is 0 Å². The molecular formula is C60H98O30. The van der Waals surface area contributed by atoms with Crippen LogP contribution in [0.4, 0.5) is 0 Å². The Bertz CT molecular complexity index is 2440. The normalized spacial score (nSPS) is 50.5. The molecule has 5 heterocycles. The molecule has 5 saturated heterocycles. The number of hydrogen-bond donors (Lipinski definition) is 18. The molecule has 9 rings (SSSR count). The van der Waals surface area contributed by atoms with Gasteiger partial charge in [-0.25, -0.2) is 0 Å². The maximum Gasteiger partial charge on any atom is 0.187 e. The van der Waals surface area contributed by atoms with Crippen LogP contribution in [-0.4, -0.2) is 308 Å². The molecule has 34 atom stereocenters. The van der Waals surface area contributed by atoms with Gasteiger partial charge in [0, 0.05) is 17.8 Å². The van der Waals surface area contributed by atoms with Gasteiger partial charge < -0.3 is 144 Å². The Hall–Kier alpha value is -2.04. The largest absolute Gasteiger partial charge is 0.394 e. The SMILES string of the molecule is C[C@H](CC[C@@H](O[C@@H]1O[C@H](CO[C@@H]2O[C@H](CO)[C@@H](O)[C@H](O)[C@H]2O)[C@@H](O)[C@H](O)[C@H]1O[C@@H]1O[C@H](CO)[C@@H](O)[C@H](O)[C@H]1O)C(C)(C)O)[C@H]1CC[C@@]2(C)[C@@H]3CC=C4C(CC[C@H](O[C@@H]5O[C@H](CO[C@@H]6O[C@H](CO)[C@@H](O)[C@H](O)[C@H]6O)[C@@H](O)[C@H](O)[C@H]5O)C4(C)C)[C@]3(C=O)C(=O)C[C@]12C. The third-order valence-corrected chi connectivity index (χ3v) is 22.4. The van der Waals surface area contributed by atoms with Crippen molar-refractivity contribution in [2.75, 3.05) is 33.0 Å². The number of ketones is 1. The summed E-state index contributed by atoms with van der Waals surface area (Å²) in [5, 5.41) is 192. The summed E-state index contributed by atoms with van der Waals surface area (Å²) in [4.78, 5) is 29.4. The van der Waals surface area contributed by atoms with Gasteiger partial charge in [-0.15, -0.1) is 0 Å². The van der Waals surface area contributed by atoms with E-state index in [1.165, 1.54) is 13.8 Å². The summed E-state index contributed by atoms with van der Waals surface area (Å²) in [5.74, 6) is -1.42. The Morgan fingerprint density at radius 2 is 1.01 bits per heavy atom. The van der Waals surface area contributed by atoms with Crippen LogP contribution in [0.15, 0.2) is 11.6 Å². The Balaban J connectivity index is 0.895. The van der Waals surface area contributed by atoms with Crippen LogP contribution in [0.3, 0.4) is 0 Å². The Morgan fingerprint density at radius 1 is 0.567 bits per heavy atom. The minimum absolute atomic E-state index is 0.0674. The van der Waals surface area contributed by atoms with E-state index in [9.17, 15) is 96.7 Å². The smallest absolute Gasteiger partial charge is 0.187 e. The van der Waals surface area contributed by atoms with Crippen LogP contribution in [0.25, 0.3) is 0 Å². The molecule has 0 amide bonds. The molecule has 518 valence electrons. The number of aldehydes is 1. The van der Waals surface area contributed by atoms with Crippen molar-refractivity contribution >= 4 is 12.1 Å². The third kappa shape index (κ3) is 12.8. The summed E-state index contributed by atoms with van der Waals surface area (Å²) in [5.41, 5.74) is -4.40. The highest BCUT2D eigenvalue weighted by Gasteiger charge is 2.72. The molecule has 0 spiro atoms. The Labute approximate surface area is 520 Å². The second kappa shape index (κ2) is 27.8. The van der Waals surface area contributed by atoms with Crippen LogP contribution in [0.5, 0.6) is 0 Å². The molecule has 0 aromatic carbocycles. The van der Waals surface area contributed by atoms with E-state index in [4.69, 9.17) is 47.4 Å². The molecule has 0 aromatic rings. The maximum atomic E-state index is 15.4. The number of rotatable bonds is 21. The lowest BCUT2D eigenvalue weighted by atomic mass is 9.38. The van der Waals surface area contributed by atoms with Gasteiger partial charge in [0.15, 0.2) is 31.5 Å². The van der Waals surface area contributed by atoms with Gasteiger partial charge in [0.1, 0.15) is 134 Å². The standard InChI is InChI=1S/C60H98O30/c1-23(8-12-35(57(4,5)80)89-55-50(90-54-49(79)43(73)38(68)29(19-63)85-54)45(75)40(70)31(87-55)21-82-52-47(77)42(72)37(67)28(18-62)84-52)24-14-15-58(6)32-11-9-25-26(60(32,22-64)33(65)16-59(24,58)7)10-13-34(56(25,2)3)88-53-48(78)44(74)39(69)30(86-53)20-81-51-46(76)41(71)36(66)27(17-61)83-51/h9,22-24,26-32,34-55,61-63,66-80H,8,10-21H2,1-7H3/t23-,24-,26?,27-,28-,29-,30-,31-,32+,34+,35-,36-,37-,38-,39-,40-,41+,42+,43+,44+,45+,46-,47-,48-,49-,50-,51-,52-,53+,54+,55+,58+,59-,60+/m1/s1. The third-order valence-electron chi connectivity index (χ3n) is 22.4. The highest BCUT2D eigenvalue weighted by molar-refractivity contribution is 6.01. The van der Waals surface area contributed by atoms with E-state index < -0.39 is 238 Å². The molecule has 0 radical (unpaired) electrons. The van der Waals surface area contributed by atoms with Crippen molar-refractivity contribution in [2.24, 2.45) is 45.3 Å². The van der Waals surface area contributed by atoms with Crippen molar-refractivity contribution in [1.29, 1.82) is 0 Å². The molecule has 1 unspecified atom stereocenters. The number of allylic oxidation sites excluding steroid dienone is 1. The molecule has 3 saturated carbocycles. The van der Waals surface area contributed by atoms with E-state index in [-0.39, 0.29) is 36.9 Å². The molecule has 18 N–H and O–H groups in total. The number of fused-ring (bicyclic) bond motifs is 5. The zero-order valence-electron chi connectivity index (χ0n) is 51.7. The van der Waals surface area contributed by atoms with Gasteiger partial charge >= 0.3 is 0 Å². The average Bonchev–Trinajstić information content (AvgIpc) is 1.28. The zero-order valence-corrected chi connectivity index (χ0v) is 51.7. The van der Waals surface area contributed by atoms with E-state index in [1.807, 2.05) is 20.8 Å². The van der Waals surface area contributed by atoms with Gasteiger partial charge in [-0.2, -0.15) is 0 Å². The van der Waals surface area contributed by atoms with Crippen LogP contribution in [0.1, 0.15) is 99.8 Å². The van der Waals surface area contributed by atoms with Gasteiger partial charge in [0.2, 0.25) is 0 Å². The van der Waals surface area contributed by atoms with Crippen molar-refractivity contribution in [3.8, 4) is 0 Å². The monoisotopic (exact) mass is 1300 g/mol.